The summed E-state index contributed by atoms with van der Waals surface area (Å²) in [5.74, 6) is 7.06. The fourth-order valence-corrected chi connectivity index (χ4v) is 8.01. The lowest BCUT2D eigenvalue weighted by Gasteiger charge is -2.37. The molecule has 0 spiro atoms. The van der Waals surface area contributed by atoms with E-state index >= 15 is 0 Å². The number of benzene rings is 3. The number of hydrogen-bond donors (Lipinski definition) is 0. The first-order valence-corrected chi connectivity index (χ1v) is 17.3. The van der Waals surface area contributed by atoms with Gasteiger partial charge in [0, 0.05) is 7.11 Å². The van der Waals surface area contributed by atoms with Gasteiger partial charge < -0.3 is 23.7 Å². The average molecular weight is 583 g/mol. The summed E-state index contributed by atoms with van der Waals surface area (Å²) >= 11 is 0. The number of terminal acetylenes is 1. The fourth-order valence-electron chi connectivity index (χ4n) is 5.55. The lowest BCUT2D eigenvalue weighted by atomic mass is 9.80. The van der Waals surface area contributed by atoms with E-state index in [0.29, 0.717) is 0 Å². The van der Waals surface area contributed by atoms with E-state index in [1.807, 2.05) is 60.7 Å². The van der Waals surface area contributed by atoms with Crippen LogP contribution in [0.15, 0.2) is 84.9 Å². The Morgan fingerprint density at radius 3 is 1.88 bits per heavy atom. The third-order valence-electron chi connectivity index (χ3n) is 8.54. The van der Waals surface area contributed by atoms with Crippen LogP contribution in [0.1, 0.15) is 37.5 Å². The van der Waals surface area contributed by atoms with Crippen molar-refractivity contribution < 1.29 is 23.7 Å². The zero-order valence-electron chi connectivity index (χ0n) is 25.4. The third-order valence-corrected chi connectivity index (χ3v) is 13.3. The van der Waals surface area contributed by atoms with E-state index in [9.17, 15) is 0 Å². The second-order valence-electron chi connectivity index (χ2n) is 10.6. The normalized spacial score (nSPS) is 18.8. The highest BCUT2D eigenvalue weighted by atomic mass is 28.3. The molecule has 0 aromatic heterocycles. The molecule has 0 unspecified atom stereocenters. The summed E-state index contributed by atoms with van der Waals surface area (Å²) in [7, 11) is 1.57. The van der Waals surface area contributed by atoms with E-state index < -0.39 is 31.5 Å². The Morgan fingerprint density at radius 2 is 1.40 bits per heavy atom. The van der Waals surface area contributed by atoms with E-state index in [2.05, 4.69) is 62.4 Å². The predicted molar refractivity (Wildman–Crippen MR) is 170 cm³/mol. The summed E-state index contributed by atoms with van der Waals surface area (Å²) in [4.78, 5) is 0. The number of ether oxygens (including phenoxy) is 5. The van der Waals surface area contributed by atoms with Gasteiger partial charge in [-0.1, -0.05) is 105 Å². The number of methoxy groups -OCH3 is 2. The molecule has 1 fully saturated rings. The van der Waals surface area contributed by atoms with E-state index in [4.69, 9.17) is 30.1 Å². The maximum absolute atomic E-state index is 7.07. The molecule has 0 bridgehead atoms. The molecule has 220 valence electrons. The van der Waals surface area contributed by atoms with Gasteiger partial charge in [0.05, 0.1) is 13.7 Å². The molecule has 1 heterocycles. The molecule has 5 nitrogen and oxygen atoms in total. The Labute approximate surface area is 252 Å². The standard InChI is InChI=1S/C36H42O5Si/c1-7-35(33(41-35)25-26-42(8-2,9-3)10-4)34(39-28-37-5)27-40-36(29-17-13-11-14-18-29,30-19-15-12-16-20-30)31-21-23-32(38-6)24-22-31/h1,11-24,33-34H,8-10,27-28H2,2-6H3/t33-,34+,35+/m0/s1. The summed E-state index contributed by atoms with van der Waals surface area (Å²) in [5, 5.41) is 0. The molecule has 42 heavy (non-hydrogen) atoms. The Hall–Kier alpha value is -3.36. The first-order valence-electron chi connectivity index (χ1n) is 14.7. The molecule has 0 saturated carbocycles. The number of hydrogen-bond acceptors (Lipinski definition) is 5. The largest absolute Gasteiger partial charge is 0.497 e. The van der Waals surface area contributed by atoms with Crippen molar-refractivity contribution in [3.8, 4) is 29.6 Å². The third kappa shape index (κ3) is 6.34. The molecule has 3 atom stereocenters. The van der Waals surface area contributed by atoms with E-state index in [1.54, 1.807) is 14.2 Å². The van der Waals surface area contributed by atoms with Gasteiger partial charge in [0.15, 0.2) is 11.7 Å². The van der Waals surface area contributed by atoms with Crippen LogP contribution in [0.2, 0.25) is 18.1 Å². The molecule has 0 N–H and O–H groups in total. The first kappa shape index (κ1) is 31.6. The van der Waals surface area contributed by atoms with Crippen LogP contribution in [0.25, 0.3) is 0 Å². The van der Waals surface area contributed by atoms with Gasteiger partial charge in [-0.05, 0) is 47.0 Å². The molecule has 1 saturated heterocycles. The number of epoxide rings is 1. The highest BCUT2D eigenvalue weighted by Gasteiger charge is 2.62. The van der Waals surface area contributed by atoms with Gasteiger partial charge in [0.1, 0.15) is 32.3 Å². The van der Waals surface area contributed by atoms with Crippen molar-refractivity contribution in [2.45, 2.75) is 62.3 Å². The highest BCUT2D eigenvalue weighted by molar-refractivity contribution is 6.87. The van der Waals surface area contributed by atoms with Gasteiger partial charge in [-0.3, -0.25) is 0 Å². The lowest BCUT2D eigenvalue weighted by molar-refractivity contribution is -0.131. The van der Waals surface area contributed by atoms with Crippen molar-refractivity contribution in [1.82, 2.24) is 0 Å². The minimum atomic E-state index is -1.68. The van der Waals surface area contributed by atoms with Crippen LogP contribution in [0, 0.1) is 23.8 Å². The van der Waals surface area contributed by atoms with Crippen LogP contribution >= 0.6 is 0 Å². The lowest BCUT2D eigenvalue weighted by Crippen LogP contribution is -2.42. The second kappa shape index (κ2) is 14.2. The minimum absolute atomic E-state index is 0.0464. The second-order valence-corrected chi connectivity index (χ2v) is 15.5. The molecular weight excluding hydrogens is 540 g/mol. The van der Waals surface area contributed by atoms with Crippen LogP contribution in [-0.2, 0) is 24.5 Å². The quantitative estimate of drug-likeness (QED) is 0.0687. The molecule has 6 heteroatoms. The van der Waals surface area contributed by atoms with Crippen molar-refractivity contribution in [1.29, 1.82) is 0 Å². The van der Waals surface area contributed by atoms with Gasteiger partial charge in [-0.15, -0.1) is 12.0 Å². The fraction of sp³-hybridized carbons (Fsp3) is 0.389. The SMILES string of the molecule is C#C[C@@]1([C@@H](COC(c2ccccc2)(c2ccccc2)c2ccc(OC)cc2)OCOC)O[C@H]1C#C[Si](CC)(CC)CC. The van der Waals surface area contributed by atoms with Gasteiger partial charge in [0.2, 0.25) is 0 Å². The Balaban J connectivity index is 1.76. The molecule has 0 amide bonds. The Kier molecular flexibility index (Phi) is 10.7. The van der Waals surface area contributed by atoms with E-state index in [0.717, 1.165) is 40.6 Å². The van der Waals surface area contributed by atoms with Gasteiger partial charge in [0.25, 0.3) is 0 Å². The highest BCUT2D eigenvalue weighted by Crippen LogP contribution is 2.45. The zero-order valence-corrected chi connectivity index (χ0v) is 26.4. The summed E-state index contributed by atoms with van der Waals surface area (Å²) < 4.78 is 30.2. The Morgan fingerprint density at radius 1 is 0.857 bits per heavy atom. The molecule has 3 aromatic rings. The summed E-state index contributed by atoms with van der Waals surface area (Å²) in [5.41, 5.74) is 4.52. The average Bonchev–Trinajstić information content (AvgIpc) is 3.79. The van der Waals surface area contributed by atoms with Crippen LogP contribution in [-0.4, -0.2) is 53.5 Å². The zero-order chi connectivity index (χ0) is 30.1. The van der Waals surface area contributed by atoms with Crippen LogP contribution in [0.3, 0.4) is 0 Å². The van der Waals surface area contributed by atoms with E-state index in [1.165, 1.54) is 0 Å². The Bertz CT molecular complexity index is 1320. The van der Waals surface area contributed by atoms with Crippen LogP contribution < -0.4 is 4.74 Å². The first-order chi connectivity index (χ1) is 20.5. The molecule has 0 radical (unpaired) electrons. The molecule has 1 aliphatic heterocycles. The van der Waals surface area contributed by atoms with Crippen molar-refractivity contribution in [3.63, 3.8) is 0 Å². The summed E-state index contributed by atoms with van der Waals surface area (Å²) in [6.45, 7) is 6.89. The molecule has 4 rings (SSSR count). The minimum Gasteiger partial charge on any atom is -0.497 e. The van der Waals surface area contributed by atoms with Gasteiger partial charge in [-0.2, -0.15) is 0 Å². The van der Waals surface area contributed by atoms with E-state index in [-0.39, 0.29) is 13.4 Å². The van der Waals surface area contributed by atoms with Crippen LogP contribution in [0.4, 0.5) is 0 Å². The topological polar surface area (TPSA) is 49.5 Å². The summed E-state index contributed by atoms with van der Waals surface area (Å²) in [6.07, 6.45) is 5.11. The van der Waals surface area contributed by atoms with Crippen molar-refractivity contribution in [3.05, 3.63) is 102 Å². The molecular formula is C36H42O5Si. The smallest absolute Gasteiger partial charge is 0.195 e. The van der Waals surface area contributed by atoms with Gasteiger partial charge in [-0.25, -0.2) is 0 Å². The van der Waals surface area contributed by atoms with Gasteiger partial charge >= 0.3 is 0 Å². The molecule has 3 aromatic carbocycles. The monoisotopic (exact) mass is 582 g/mol. The maximum Gasteiger partial charge on any atom is 0.195 e. The van der Waals surface area contributed by atoms with Crippen molar-refractivity contribution >= 4 is 8.07 Å². The number of rotatable bonds is 14. The predicted octanol–water partition coefficient (Wildman–Crippen LogP) is 6.81. The van der Waals surface area contributed by atoms with Crippen molar-refractivity contribution in [2.24, 2.45) is 0 Å². The molecule has 0 aliphatic carbocycles. The maximum atomic E-state index is 7.07. The van der Waals surface area contributed by atoms with Crippen molar-refractivity contribution in [2.75, 3.05) is 27.6 Å². The molecule has 1 aliphatic rings. The summed E-state index contributed by atoms with van der Waals surface area (Å²) in [6, 6.07) is 31.6. The van der Waals surface area contributed by atoms with Crippen LogP contribution in [0.5, 0.6) is 5.75 Å².